The number of aromatic nitrogens is 1. The largest absolute Gasteiger partial charge is 0.481 e. The van der Waals surface area contributed by atoms with Gasteiger partial charge in [-0.05, 0) is 37.1 Å². The Bertz CT molecular complexity index is 810. The predicted molar refractivity (Wildman–Crippen MR) is 87.3 cm³/mol. The smallest absolute Gasteiger partial charge is 0.434 e. The molecule has 1 aromatic heterocycles. The Hall–Kier alpha value is -2.62. The topological polar surface area (TPSA) is 88.5 Å². The van der Waals surface area contributed by atoms with E-state index in [1.54, 1.807) is 13.8 Å². The molecule has 0 saturated carbocycles. The van der Waals surface area contributed by atoms with E-state index in [2.05, 4.69) is 10.3 Å². The molecule has 26 heavy (non-hydrogen) atoms. The van der Waals surface area contributed by atoms with Gasteiger partial charge < -0.3 is 15.2 Å². The zero-order valence-electron chi connectivity index (χ0n) is 13.8. The lowest BCUT2D eigenvalue weighted by Crippen LogP contribution is -2.23. The summed E-state index contributed by atoms with van der Waals surface area (Å²) in [6.45, 7) is 2.70. The van der Waals surface area contributed by atoms with Crippen LogP contribution < -0.4 is 10.1 Å². The van der Waals surface area contributed by atoms with Crippen molar-refractivity contribution in [3.63, 3.8) is 0 Å². The first-order valence-corrected chi connectivity index (χ1v) is 8.21. The van der Waals surface area contributed by atoms with Gasteiger partial charge in [-0.2, -0.15) is 13.2 Å². The average molecular weight is 388 g/mol. The summed E-state index contributed by atoms with van der Waals surface area (Å²) in [5, 5.41) is 12.2. The van der Waals surface area contributed by atoms with E-state index < -0.39 is 30.4 Å². The molecule has 1 amide bonds. The molecule has 0 bridgehead atoms. The number of benzene rings is 1. The molecular formula is C16H15F3N2O4S. The van der Waals surface area contributed by atoms with Crippen molar-refractivity contribution < 1.29 is 32.6 Å². The van der Waals surface area contributed by atoms with Crippen LogP contribution in [-0.4, -0.2) is 28.6 Å². The van der Waals surface area contributed by atoms with Crippen molar-refractivity contribution in [2.75, 3.05) is 6.61 Å². The number of carbonyl (C=O) groups is 2. The van der Waals surface area contributed by atoms with E-state index in [1.807, 2.05) is 0 Å². The second-order valence-corrected chi connectivity index (χ2v) is 6.37. The Kier molecular flexibility index (Phi) is 5.86. The quantitative estimate of drug-likeness (QED) is 0.794. The van der Waals surface area contributed by atoms with Gasteiger partial charge in [0.15, 0.2) is 12.3 Å². The van der Waals surface area contributed by atoms with Crippen LogP contribution in [0.1, 0.15) is 32.2 Å². The number of halogens is 3. The van der Waals surface area contributed by atoms with Crippen LogP contribution in [-0.2, 0) is 17.5 Å². The van der Waals surface area contributed by atoms with Crippen LogP contribution in [0.5, 0.6) is 5.75 Å². The summed E-state index contributed by atoms with van der Waals surface area (Å²) < 4.78 is 42.7. The number of hydrogen-bond acceptors (Lipinski definition) is 5. The van der Waals surface area contributed by atoms with E-state index in [0.29, 0.717) is 16.9 Å². The third-order valence-corrected chi connectivity index (χ3v) is 4.15. The molecule has 2 N–H and O–H groups in total. The normalized spacial score (nSPS) is 11.3. The molecule has 2 rings (SSSR count). The number of carboxylic acids is 1. The number of nitrogens with one attached hydrogen (secondary N) is 1. The zero-order valence-corrected chi connectivity index (χ0v) is 14.6. The van der Waals surface area contributed by atoms with E-state index in [-0.39, 0.29) is 17.1 Å². The molecule has 0 aliphatic rings. The van der Waals surface area contributed by atoms with Gasteiger partial charge in [-0.1, -0.05) is 0 Å². The van der Waals surface area contributed by atoms with Gasteiger partial charge in [0.25, 0.3) is 5.91 Å². The minimum Gasteiger partial charge on any atom is -0.481 e. The maximum Gasteiger partial charge on any atom is 0.434 e. The van der Waals surface area contributed by atoms with Crippen LogP contribution in [0.25, 0.3) is 0 Å². The molecule has 10 heteroatoms. The van der Waals surface area contributed by atoms with E-state index in [0.717, 1.165) is 16.7 Å². The van der Waals surface area contributed by atoms with Crippen molar-refractivity contribution >= 4 is 23.2 Å². The average Bonchev–Trinajstić information content (AvgIpc) is 3.00. The lowest BCUT2D eigenvalue weighted by molar-refractivity contribution is -0.141. The maximum absolute atomic E-state index is 12.5. The molecule has 0 spiro atoms. The minimum atomic E-state index is -4.52. The highest BCUT2D eigenvalue weighted by molar-refractivity contribution is 7.09. The van der Waals surface area contributed by atoms with Gasteiger partial charge in [0, 0.05) is 10.9 Å². The van der Waals surface area contributed by atoms with Crippen LogP contribution in [0.3, 0.4) is 0 Å². The number of alkyl halides is 3. The van der Waals surface area contributed by atoms with Crippen molar-refractivity contribution in [3.8, 4) is 5.75 Å². The van der Waals surface area contributed by atoms with Crippen molar-refractivity contribution in [2.24, 2.45) is 0 Å². The first-order valence-electron chi connectivity index (χ1n) is 7.33. The van der Waals surface area contributed by atoms with Gasteiger partial charge in [0.2, 0.25) is 0 Å². The molecule has 0 aliphatic carbocycles. The highest BCUT2D eigenvalue weighted by Crippen LogP contribution is 2.30. The second-order valence-electron chi connectivity index (χ2n) is 5.43. The molecule has 0 atom stereocenters. The van der Waals surface area contributed by atoms with Gasteiger partial charge in [0.05, 0.1) is 6.54 Å². The summed E-state index contributed by atoms with van der Waals surface area (Å²) in [5.74, 6) is -1.23. The Labute approximate surface area is 150 Å². The number of carbonyl (C=O) groups excluding carboxylic acids is 1. The number of rotatable bonds is 6. The minimum absolute atomic E-state index is 0.130. The highest BCUT2D eigenvalue weighted by atomic mass is 32.1. The third kappa shape index (κ3) is 4.94. The summed E-state index contributed by atoms with van der Waals surface area (Å²) in [5.41, 5.74) is 0.448. The van der Waals surface area contributed by atoms with Gasteiger partial charge in [-0.15, -0.1) is 11.3 Å². The van der Waals surface area contributed by atoms with Gasteiger partial charge in [0.1, 0.15) is 10.8 Å². The van der Waals surface area contributed by atoms with Crippen molar-refractivity contribution in [3.05, 3.63) is 44.9 Å². The number of aliphatic carboxylic acids is 1. The summed E-state index contributed by atoms with van der Waals surface area (Å²) in [4.78, 5) is 26.2. The predicted octanol–water partition coefficient (Wildman–Crippen LogP) is 3.17. The van der Waals surface area contributed by atoms with Crippen molar-refractivity contribution in [2.45, 2.75) is 26.6 Å². The summed E-state index contributed by atoms with van der Waals surface area (Å²) in [6.07, 6.45) is -4.52. The van der Waals surface area contributed by atoms with Crippen LogP contribution in [0.15, 0.2) is 17.5 Å². The molecule has 0 unspecified atom stereocenters. The molecule has 0 aliphatic heterocycles. The number of nitrogens with zero attached hydrogens (tertiary/aromatic N) is 1. The molecule has 0 fully saturated rings. The summed E-state index contributed by atoms with van der Waals surface area (Å²) >= 11 is 0.810. The fourth-order valence-corrected chi connectivity index (χ4v) is 2.96. The first-order chi connectivity index (χ1) is 12.1. The van der Waals surface area contributed by atoms with Gasteiger partial charge >= 0.3 is 12.1 Å². The fourth-order valence-electron chi connectivity index (χ4n) is 2.22. The summed E-state index contributed by atoms with van der Waals surface area (Å²) in [7, 11) is 0. The molecule has 1 aromatic carbocycles. The Morgan fingerprint density at radius 1 is 1.27 bits per heavy atom. The molecule has 0 saturated heterocycles. The maximum atomic E-state index is 12.5. The van der Waals surface area contributed by atoms with Crippen molar-refractivity contribution in [1.29, 1.82) is 0 Å². The molecular weight excluding hydrogens is 373 g/mol. The Balaban J connectivity index is 2.05. The molecule has 2 aromatic rings. The Morgan fingerprint density at radius 3 is 2.38 bits per heavy atom. The number of ether oxygens (including phenoxy) is 1. The molecule has 0 radical (unpaired) electrons. The van der Waals surface area contributed by atoms with Crippen LogP contribution in [0.2, 0.25) is 0 Å². The Morgan fingerprint density at radius 2 is 1.88 bits per heavy atom. The lowest BCUT2D eigenvalue weighted by atomic mass is 10.1. The van der Waals surface area contributed by atoms with E-state index in [4.69, 9.17) is 9.84 Å². The number of aryl methyl sites for hydroxylation is 2. The number of amides is 1. The number of thiazole rings is 1. The molecule has 6 nitrogen and oxygen atoms in total. The fraction of sp³-hybridized carbons (Fsp3) is 0.312. The van der Waals surface area contributed by atoms with Crippen LogP contribution in [0, 0.1) is 13.8 Å². The van der Waals surface area contributed by atoms with Crippen LogP contribution >= 0.6 is 11.3 Å². The first kappa shape index (κ1) is 19.7. The number of hydrogen-bond donors (Lipinski definition) is 2. The van der Waals surface area contributed by atoms with E-state index >= 15 is 0 Å². The lowest BCUT2D eigenvalue weighted by Gasteiger charge is -2.12. The third-order valence-electron chi connectivity index (χ3n) is 3.30. The molecule has 140 valence electrons. The van der Waals surface area contributed by atoms with Gasteiger partial charge in [-0.25, -0.2) is 9.78 Å². The van der Waals surface area contributed by atoms with Gasteiger partial charge in [-0.3, -0.25) is 4.79 Å². The SMILES string of the molecule is Cc1cc(C(=O)NCc2nc(C(F)(F)F)cs2)cc(C)c1OCC(=O)O. The standard InChI is InChI=1S/C16H15F3N2O4S/c1-8-3-10(4-9(2)14(8)25-6-13(22)23)15(24)20-5-12-21-11(7-26-12)16(17,18)19/h3-4,7H,5-6H2,1-2H3,(H,20,24)(H,22,23). The van der Waals surface area contributed by atoms with E-state index in [1.165, 1.54) is 12.1 Å². The second kappa shape index (κ2) is 7.73. The zero-order chi connectivity index (χ0) is 19.5. The summed E-state index contributed by atoms with van der Waals surface area (Å²) in [6, 6.07) is 3.03. The van der Waals surface area contributed by atoms with Crippen LogP contribution in [0.4, 0.5) is 13.2 Å². The monoisotopic (exact) mass is 388 g/mol. The number of carboxylic acid groups (broad SMARTS) is 1. The highest BCUT2D eigenvalue weighted by Gasteiger charge is 2.33. The van der Waals surface area contributed by atoms with Crippen molar-refractivity contribution in [1.82, 2.24) is 10.3 Å². The van der Waals surface area contributed by atoms with E-state index in [9.17, 15) is 22.8 Å². The molecule has 1 heterocycles.